The number of benzene rings is 3. The molecule has 2 unspecified atom stereocenters. The molecule has 0 bridgehead atoms. The standard InChI is InChI=1S/C30H34N3O6P/c1-3-37-40(36,38-4-2)28-19-25(39-33(28)21-24-15-9-6-10-16-24)22-31-27-18-12-11-17-26(27)29(34)32(30(31)35)20-23-13-7-5-8-14-23/h5-18,25,28H,3-4,19-22H2,1-2H3. The van der Waals surface area contributed by atoms with Crippen LogP contribution in [0.4, 0.5) is 0 Å². The van der Waals surface area contributed by atoms with Crippen LogP contribution in [-0.4, -0.2) is 39.3 Å². The Morgan fingerprint density at radius 1 is 0.800 bits per heavy atom. The SMILES string of the molecule is CCOP(=O)(OCC)C1CC(Cn2c(=O)n(Cc3ccccc3)c(=O)c3ccccc32)ON1Cc1ccccc1. The van der Waals surface area contributed by atoms with Crippen molar-refractivity contribution in [2.45, 2.75) is 51.8 Å². The molecule has 4 aromatic rings. The maximum absolute atomic E-state index is 13.9. The number of aromatic nitrogens is 2. The van der Waals surface area contributed by atoms with Gasteiger partial charge in [-0.15, -0.1) is 0 Å². The molecule has 0 radical (unpaired) electrons. The second-order valence-corrected chi connectivity index (χ2v) is 11.9. The Kier molecular flexibility index (Phi) is 8.78. The molecule has 40 heavy (non-hydrogen) atoms. The van der Waals surface area contributed by atoms with Gasteiger partial charge in [0.2, 0.25) is 0 Å². The number of hydrogen-bond donors (Lipinski definition) is 0. The first-order valence-corrected chi connectivity index (χ1v) is 15.2. The van der Waals surface area contributed by atoms with Crippen molar-refractivity contribution in [3.8, 4) is 0 Å². The Morgan fingerprint density at radius 2 is 1.38 bits per heavy atom. The van der Waals surface area contributed by atoms with Gasteiger partial charge in [-0.05, 0) is 37.1 Å². The van der Waals surface area contributed by atoms with Crippen molar-refractivity contribution in [2.24, 2.45) is 0 Å². The van der Waals surface area contributed by atoms with Crippen molar-refractivity contribution >= 4 is 18.5 Å². The van der Waals surface area contributed by atoms with Crippen molar-refractivity contribution in [1.82, 2.24) is 14.2 Å². The van der Waals surface area contributed by atoms with Gasteiger partial charge in [-0.1, -0.05) is 72.8 Å². The zero-order chi connectivity index (χ0) is 28.1. The molecule has 2 atom stereocenters. The summed E-state index contributed by atoms with van der Waals surface area (Å²) in [6, 6.07) is 26.2. The fourth-order valence-corrected chi connectivity index (χ4v) is 7.27. The summed E-state index contributed by atoms with van der Waals surface area (Å²) >= 11 is 0. The summed E-state index contributed by atoms with van der Waals surface area (Å²) in [7, 11) is -3.57. The van der Waals surface area contributed by atoms with Crippen LogP contribution in [0.15, 0.2) is 94.5 Å². The Bertz CT molecular complexity index is 1600. The molecule has 0 amide bonds. The third kappa shape index (κ3) is 5.89. The van der Waals surface area contributed by atoms with Crippen molar-refractivity contribution in [2.75, 3.05) is 13.2 Å². The van der Waals surface area contributed by atoms with Gasteiger partial charge in [0.05, 0.1) is 49.9 Å². The molecule has 0 spiro atoms. The second-order valence-electron chi connectivity index (χ2n) is 9.67. The second kappa shape index (κ2) is 12.5. The van der Waals surface area contributed by atoms with Crippen molar-refractivity contribution < 1.29 is 18.5 Å². The van der Waals surface area contributed by atoms with Gasteiger partial charge in [0.15, 0.2) is 0 Å². The summed E-state index contributed by atoms with van der Waals surface area (Å²) in [6.07, 6.45) is -0.186. The van der Waals surface area contributed by atoms with Crippen molar-refractivity contribution in [3.05, 3.63) is 117 Å². The van der Waals surface area contributed by atoms with E-state index >= 15 is 0 Å². The van der Waals surface area contributed by atoms with Gasteiger partial charge in [0.25, 0.3) is 5.56 Å². The minimum atomic E-state index is -3.57. The minimum absolute atomic E-state index is 0.154. The van der Waals surface area contributed by atoms with Gasteiger partial charge in [0.1, 0.15) is 5.78 Å². The Labute approximate surface area is 233 Å². The highest BCUT2D eigenvalue weighted by Gasteiger charge is 2.47. The quantitative estimate of drug-likeness (QED) is 0.237. The molecular formula is C30H34N3O6P. The van der Waals surface area contributed by atoms with Crippen LogP contribution in [0.3, 0.4) is 0 Å². The largest absolute Gasteiger partial charge is 0.350 e. The maximum atomic E-state index is 13.9. The third-order valence-electron chi connectivity index (χ3n) is 6.96. The lowest BCUT2D eigenvalue weighted by atomic mass is 10.2. The topological polar surface area (TPSA) is 92.0 Å². The van der Waals surface area contributed by atoms with Crippen molar-refractivity contribution in [3.63, 3.8) is 0 Å². The van der Waals surface area contributed by atoms with E-state index in [4.69, 9.17) is 13.9 Å². The molecule has 1 saturated heterocycles. The molecule has 3 aromatic carbocycles. The molecule has 1 aromatic heterocycles. The van der Waals surface area contributed by atoms with Gasteiger partial charge in [-0.3, -0.25) is 23.3 Å². The Morgan fingerprint density at radius 3 is 2.00 bits per heavy atom. The lowest BCUT2D eigenvalue weighted by molar-refractivity contribution is -0.164. The zero-order valence-corrected chi connectivity index (χ0v) is 23.6. The summed E-state index contributed by atoms with van der Waals surface area (Å²) < 4.78 is 28.2. The molecule has 210 valence electrons. The number of rotatable bonds is 11. The normalized spacial score (nSPS) is 17.9. The fraction of sp³-hybridized carbons (Fsp3) is 0.333. The van der Waals surface area contributed by atoms with Crippen LogP contribution in [0.1, 0.15) is 31.4 Å². The number of fused-ring (bicyclic) bond motifs is 1. The molecule has 9 nitrogen and oxygen atoms in total. The molecule has 5 rings (SSSR count). The molecule has 0 N–H and O–H groups in total. The summed E-state index contributed by atoms with van der Waals surface area (Å²) in [6.45, 7) is 4.70. The molecule has 2 heterocycles. The van der Waals surface area contributed by atoms with Gasteiger partial charge in [-0.25, -0.2) is 4.79 Å². The van der Waals surface area contributed by atoms with Crippen LogP contribution in [0.25, 0.3) is 10.9 Å². The molecule has 1 aliphatic rings. The summed E-state index contributed by atoms with van der Waals surface area (Å²) in [5.74, 6) is -0.658. The van der Waals surface area contributed by atoms with E-state index in [1.807, 2.05) is 60.7 Å². The first-order chi connectivity index (χ1) is 19.4. The minimum Gasteiger partial charge on any atom is -0.308 e. The van der Waals surface area contributed by atoms with Gasteiger partial charge >= 0.3 is 13.3 Å². The van der Waals surface area contributed by atoms with Crippen LogP contribution in [-0.2, 0) is 38.1 Å². The van der Waals surface area contributed by atoms with Crippen LogP contribution >= 0.6 is 7.60 Å². The summed E-state index contributed by atoms with van der Waals surface area (Å²) in [5.41, 5.74) is 1.60. The Hall–Kier alpha value is -3.33. The zero-order valence-electron chi connectivity index (χ0n) is 22.7. The number of para-hydroxylation sites is 1. The van der Waals surface area contributed by atoms with E-state index < -0.39 is 25.2 Å². The number of nitrogens with zero attached hydrogens (tertiary/aromatic N) is 3. The highest BCUT2D eigenvalue weighted by molar-refractivity contribution is 7.54. The van der Waals surface area contributed by atoms with E-state index in [0.29, 0.717) is 23.9 Å². The van der Waals surface area contributed by atoms with Crippen LogP contribution in [0.5, 0.6) is 0 Å². The number of hydrogen-bond acceptors (Lipinski definition) is 7. The smallest absolute Gasteiger partial charge is 0.308 e. The lowest BCUT2D eigenvalue weighted by Gasteiger charge is -2.28. The van der Waals surface area contributed by atoms with E-state index in [9.17, 15) is 14.2 Å². The molecule has 1 aliphatic heterocycles. The van der Waals surface area contributed by atoms with Crippen LogP contribution in [0.2, 0.25) is 0 Å². The third-order valence-corrected chi connectivity index (χ3v) is 9.39. The lowest BCUT2D eigenvalue weighted by Crippen LogP contribution is -2.42. The highest BCUT2D eigenvalue weighted by atomic mass is 31.2. The van der Waals surface area contributed by atoms with E-state index in [2.05, 4.69) is 0 Å². The monoisotopic (exact) mass is 563 g/mol. The molecule has 1 fully saturated rings. The van der Waals surface area contributed by atoms with Gasteiger partial charge in [0, 0.05) is 6.42 Å². The molecular weight excluding hydrogens is 529 g/mol. The highest BCUT2D eigenvalue weighted by Crippen LogP contribution is 2.58. The molecule has 0 saturated carbocycles. The maximum Gasteiger partial charge on any atom is 0.350 e. The van der Waals surface area contributed by atoms with Crippen LogP contribution < -0.4 is 11.2 Å². The summed E-state index contributed by atoms with van der Waals surface area (Å²) in [5, 5.41) is 2.11. The van der Waals surface area contributed by atoms with Gasteiger partial charge < -0.3 is 9.05 Å². The van der Waals surface area contributed by atoms with Gasteiger partial charge in [-0.2, -0.15) is 5.06 Å². The van der Waals surface area contributed by atoms with Crippen LogP contribution in [0, 0.1) is 0 Å². The van der Waals surface area contributed by atoms with Crippen molar-refractivity contribution in [1.29, 1.82) is 0 Å². The average molecular weight is 564 g/mol. The van der Waals surface area contributed by atoms with E-state index in [-0.39, 0.29) is 31.9 Å². The Balaban J connectivity index is 1.52. The van der Waals surface area contributed by atoms with E-state index in [1.165, 1.54) is 4.57 Å². The first-order valence-electron chi connectivity index (χ1n) is 13.6. The summed E-state index contributed by atoms with van der Waals surface area (Å²) in [4.78, 5) is 33.5. The number of hydroxylamine groups is 2. The molecule has 0 aliphatic carbocycles. The average Bonchev–Trinajstić information content (AvgIpc) is 3.37. The predicted molar refractivity (Wildman–Crippen MR) is 154 cm³/mol. The first kappa shape index (κ1) is 28.2. The van der Waals surface area contributed by atoms with E-state index in [0.717, 1.165) is 11.1 Å². The van der Waals surface area contributed by atoms with E-state index in [1.54, 1.807) is 47.7 Å². The molecule has 10 heteroatoms. The fourth-order valence-electron chi connectivity index (χ4n) is 5.18. The predicted octanol–water partition coefficient (Wildman–Crippen LogP) is 5.01.